The molecule has 4 N–H and O–H groups in total. The fourth-order valence-corrected chi connectivity index (χ4v) is 6.73. The van der Waals surface area contributed by atoms with E-state index in [0.717, 1.165) is 5.57 Å². The van der Waals surface area contributed by atoms with Gasteiger partial charge in [-0.15, -0.1) is 0 Å². The van der Waals surface area contributed by atoms with Gasteiger partial charge in [0, 0.05) is 50.2 Å². The van der Waals surface area contributed by atoms with Crippen LogP contribution in [0.5, 0.6) is 28.7 Å². The van der Waals surface area contributed by atoms with Gasteiger partial charge in [0.25, 0.3) is 0 Å². The van der Waals surface area contributed by atoms with Crippen LogP contribution in [0, 0.1) is 0 Å². The Bertz CT molecular complexity index is 2210. The Morgan fingerprint density at radius 2 is 1.33 bits per heavy atom. The molecule has 0 aromatic heterocycles. The molecule has 0 radical (unpaired) electrons. The number of ether oxygens (including phenoxy) is 6. The van der Waals surface area contributed by atoms with Crippen molar-refractivity contribution in [2.75, 3.05) is 72.8 Å². The fraction of sp³-hybridized carbons (Fsp3) is 0.343. The molecule has 0 aliphatic heterocycles. The van der Waals surface area contributed by atoms with Crippen LogP contribution in [-0.4, -0.2) is 88.8 Å². The van der Waals surface area contributed by atoms with Gasteiger partial charge in [0.05, 0.1) is 70.8 Å². The molecule has 0 amide bonds. The molecule has 0 spiro atoms. The van der Waals surface area contributed by atoms with Crippen LogP contribution in [0.3, 0.4) is 0 Å². The number of methoxy groups -OCH3 is 3. The summed E-state index contributed by atoms with van der Waals surface area (Å²) in [5.74, 6) is -0.841. The predicted molar refractivity (Wildman–Crippen MR) is 180 cm³/mol. The highest BCUT2D eigenvalue weighted by atomic mass is 16.6. The summed E-state index contributed by atoms with van der Waals surface area (Å²) < 4.78 is 32.9. The van der Waals surface area contributed by atoms with Crippen LogP contribution in [0.25, 0.3) is 49.2 Å². The first kappa shape index (κ1) is 32.8. The van der Waals surface area contributed by atoms with Crippen molar-refractivity contribution in [1.29, 1.82) is 0 Å². The average Bonchev–Trinajstić information content (AvgIpc) is 3.21. The second-order valence-electron chi connectivity index (χ2n) is 11.3. The number of esters is 1. The molecular formula is C35H35NO12. The van der Waals surface area contributed by atoms with E-state index in [9.17, 15) is 24.6 Å². The number of hydrogen-bond acceptors (Lipinski definition) is 13. The summed E-state index contributed by atoms with van der Waals surface area (Å²) >= 11 is 0. The van der Waals surface area contributed by atoms with E-state index in [0.29, 0.717) is 56.5 Å². The summed E-state index contributed by atoms with van der Waals surface area (Å²) in [4.78, 5) is 40.1. The number of anilines is 1. The zero-order valence-electron chi connectivity index (χ0n) is 26.9. The van der Waals surface area contributed by atoms with Gasteiger partial charge in [-0.3, -0.25) is 14.4 Å². The lowest BCUT2D eigenvalue weighted by Gasteiger charge is -2.24. The number of aliphatic hydroxyl groups excluding tert-OH is 1. The minimum Gasteiger partial charge on any atom is -0.505 e. The third-order valence-electron chi connectivity index (χ3n) is 8.55. The van der Waals surface area contributed by atoms with Crippen LogP contribution < -0.4 is 30.4 Å². The number of allylic oxidation sites excluding steroid dienone is 1. The van der Waals surface area contributed by atoms with E-state index < -0.39 is 16.8 Å². The van der Waals surface area contributed by atoms with Crippen molar-refractivity contribution >= 4 is 60.8 Å². The van der Waals surface area contributed by atoms with E-state index in [2.05, 4.69) is 5.32 Å². The number of rotatable bonds is 14. The molecule has 5 aromatic rings. The number of carbonyl (C=O) groups is 1. The van der Waals surface area contributed by atoms with E-state index in [1.807, 2.05) is 13.0 Å². The zero-order valence-corrected chi connectivity index (χ0v) is 26.9. The summed E-state index contributed by atoms with van der Waals surface area (Å²) in [5.41, 5.74) is 0.912. The lowest BCUT2D eigenvalue weighted by atomic mass is 9.83. The van der Waals surface area contributed by atoms with Gasteiger partial charge >= 0.3 is 5.97 Å². The molecule has 0 fully saturated rings. The van der Waals surface area contributed by atoms with Gasteiger partial charge < -0.3 is 49.1 Å². The van der Waals surface area contributed by atoms with Gasteiger partial charge in [-0.25, -0.2) is 0 Å². The monoisotopic (exact) mass is 661 g/mol. The molecular weight excluding hydrogens is 626 g/mol. The van der Waals surface area contributed by atoms with E-state index in [1.54, 1.807) is 0 Å². The van der Waals surface area contributed by atoms with Crippen molar-refractivity contribution in [1.82, 2.24) is 0 Å². The second kappa shape index (κ2) is 13.2. The number of nitrogens with one attached hydrogen (secondary N) is 1. The van der Waals surface area contributed by atoms with Gasteiger partial charge in [-0.1, -0.05) is 11.6 Å². The van der Waals surface area contributed by atoms with E-state index in [-0.39, 0.29) is 84.8 Å². The molecule has 5 aromatic carbocycles. The van der Waals surface area contributed by atoms with Crippen LogP contribution in [0.4, 0.5) is 5.69 Å². The van der Waals surface area contributed by atoms with Crippen LogP contribution in [-0.2, 0) is 25.4 Å². The van der Waals surface area contributed by atoms with Gasteiger partial charge in [0.15, 0.2) is 28.1 Å². The molecule has 48 heavy (non-hydrogen) atoms. The molecule has 0 saturated carbocycles. The molecule has 0 heterocycles. The third-order valence-corrected chi connectivity index (χ3v) is 8.55. The molecule has 13 heteroatoms. The van der Waals surface area contributed by atoms with Crippen molar-refractivity contribution in [3.8, 4) is 28.7 Å². The normalized spacial score (nSPS) is 12.6. The summed E-state index contributed by atoms with van der Waals surface area (Å²) in [6.45, 7) is 2.29. The summed E-state index contributed by atoms with van der Waals surface area (Å²) in [7, 11) is 4.23. The summed E-state index contributed by atoms with van der Waals surface area (Å²) in [6, 6.07) is 2.52. The Labute approximate surface area is 273 Å². The van der Waals surface area contributed by atoms with Gasteiger partial charge in [-0.2, -0.15) is 0 Å². The maximum atomic E-state index is 13.7. The molecule has 13 nitrogen and oxygen atoms in total. The standard InChI is InChI=1S/C35H35NO12/c1-16-11-17-24-25-18(12-16)35(45-4)34(42)27-20(39)14-22(44-3)29(31(25)27)28-21(43-2)13-19(38)26(30(24)28)33(41)32(17)36-15-23(40)48-10-9-47-8-7-46-6-5-37/h11,13-14,36-37,41-42H,5-10,12,15H2,1-4H3. The van der Waals surface area contributed by atoms with E-state index >= 15 is 0 Å². The van der Waals surface area contributed by atoms with Crippen molar-refractivity contribution in [3.63, 3.8) is 0 Å². The summed E-state index contributed by atoms with van der Waals surface area (Å²) in [6.07, 6.45) is 2.12. The van der Waals surface area contributed by atoms with Crippen LogP contribution in [0.2, 0.25) is 0 Å². The number of phenols is 2. The van der Waals surface area contributed by atoms with Crippen LogP contribution in [0.1, 0.15) is 18.1 Å². The molecule has 0 saturated heterocycles. The first-order chi connectivity index (χ1) is 23.2. The maximum Gasteiger partial charge on any atom is 0.325 e. The Morgan fingerprint density at radius 3 is 1.94 bits per heavy atom. The average molecular weight is 662 g/mol. The van der Waals surface area contributed by atoms with E-state index in [1.165, 1.54) is 33.5 Å². The van der Waals surface area contributed by atoms with Gasteiger partial charge in [0.1, 0.15) is 24.7 Å². The zero-order chi connectivity index (χ0) is 34.3. The first-order valence-electron chi connectivity index (χ1n) is 15.3. The first-order valence-corrected chi connectivity index (χ1v) is 15.3. The molecule has 0 bridgehead atoms. The third kappa shape index (κ3) is 5.20. The molecule has 0 atom stereocenters. The SMILES string of the molecule is COc1c(O)c2c(=O)cc(OC)c3c4c(OC)cc(=O)c5c(O)c(NCC(=O)OCCOCCOCCO)c6c(c(c1CC(C)=C6)c23)c54. The van der Waals surface area contributed by atoms with Crippen LogP contribution in [0.15, 0.2) is 27.3 Å². The predicted octanol–water partition coefficient (Wildman–Crippen LogP) is 3.27. The van der Waals surface area contributed by atoms with Crippen LogP contribution >= 0.6 is 0 Å². The Morgan fingerprint density at radius 1 is 0.750 bits per heavy atom. The topological polar surface area (TPSA) is 179 Å². The number of benzene rings is 5. The molecule has 1 aliphatic carbocycles. The summed E-state index contributed by atoms with van der Waals surface area (Å²) in [5, 5.41) is 37.6. The van der Waals surface area contributed by atoms with Gasteiger partial charge in [0.2, 0.25) is 0 Å². The Kier molecular flexibility index (Phi) is 9.01. The Balaban J connectivity index is 1.58. The molecule has 1 aliphatic rings. The van der Waals surface area contributed by atoms with Crippen molar-refractivity contribution < 1.29 is 48.5 Å². The van der Waals surface area contributed by atoms with E-state index in [4.69, 9.17) is 33.5 Å². The van der Waals surface area contributed by atoms with Crippen molar-refractivity contribution in [3.05, 3.63) is 49.3 Å². The van der Waals surface area contributed by atoms with Crippen molar-refractivity contribution in [2.45, 2.75) is 13.3 Å². The Hall–Kier alpha value is -5.11. The number of aliphatic hydroxyl groups is 1. The largest absolute Gasteiger partial charge is 0.505 e. The molecule has 252 valence electrons. The second-order valence-corrected chi connectivity index (χ2v) is 11.3. The number of hydrogen-bond donors (Lipinski definition) is 4. The molecule has 6 rings (SSSR count). The number of fused-ring (bicyclic) bond motifs is 1. The maximum absolute atomic E-state index is 13.7. The van der Waals surface area contributed by atoms with Gasteiger partial charge in [-0.05, 0) is 18.7 Å². The smallest absolute Gasteiger partial charge is 0.325 e. The molecule has 0 unspecified atom stereocenters. The van der Waals surface area contributed by atoms with Crippen molar-refractivity contribution in [2.24, 2.45) is 0 Å². The quantitative estimate of drug-likeness (QED) is 0.0448. The minimum absolute atomic E-state index is 0.00676. The fourth-order valence-electron chi connectivity index (χ4n) is 6.73. The lowest BCUT2D eigenvalue weighted by Crippen LogP contribution is -2.20. The highest BCUT2D eigenvalue weighted by molar-refractivity contribution is 6.39. The number of aromatic hydroxyl groups is 2. The highest BCUT2D eigenvalue weighted by Gasteiger charge is 2.33. The number of phenolic OH excluding ortho intramolecular Hbond substituents is 2. The lowest BCUT2D eigenvalue weighted by molar-refractivity contribution is -0.143. The highest BCUT2D eigenvalue weighted by Crippen LogP contribution is 2.56. The number of carbonyl (C=O) groups excluding carboxylic acids is 1. The minimum atomic E-state index is -0.636.